The van der Waals surface area contributed by atoms with Crippen molar-refractivity contribution in [3.05, 3.63) is 35.0 Å². The van der Waals surface area contributed by atoms with Crippen LogP contribution in [0.25, 0.3) is 10.9 Å². The molecule has 0 spiro atoms. The van der Waals surface area contributed by atoms with Gasteiger partial charge in [0.25, 0.3) is 0 Å². The Morgan fingerprint density at radius 1 is 1.23 bits per heavy atom. The highest BCUT2D eigenvalue weighted by Gasteiger charge is 2.05. The van der Waals surface area contributed by atoms with Crippen molar-refractivity contribution in [3.8, 4) is 0 Å². The number of nitrogens with two attached hydrogens (primary N) is 1. The molecule has 2 rings (SSSR count). The molecule has 3 nitrogen and oxygen atoms in total. The smallest absolute Gasteiger partial charge is 0.0959 e. The second-order valence-electron chi connectivity index (χ2n) is 2.68. The van der Waals surface area contributed by atoms with Crippen LogP contribution in [0.1, 0.15) is 5.69 Å². The summed E-state index contributed by atoms with van der Waals surface area (Å²) in [5.41, 5.74) is 6.89. The summed E-state index contributed by atoms with van der Waals surface area (Å²) in [6.07, 6.45) is 0. The van der Waals surface area contributed by atoms with E-state index in [0.29, 0.717) is 17.3 Å². The third-order valence-corrected chi connectivity index (χ3v) is 2.29. The maximum Gasteiger partial charge on any atom is 0.0959 e. The van der Waals surface area contributed by atoms with Gasteiger partial charge in [0.2, 0.25) is 0 Å². The Labute approximate surface area is 80.5 Å². The molecule has 0 radical (unpaired) electrons. The minimum atomic E-state index is 0.316. The van der Waals surface area contributed by atoms with Crippen molar-refractivity contribution in [2.75, 3.05) is 0 Å². The Morgan fingerprint density at radius 2 is 2.00 bits per heavy atom. The van der Waals surface area contributed by atoms with E-state index in [1.807, 2.05) is 24.3 Å². The largest absolute Gasteiger partial charge is 0.325 e. The Bertz CT molecular complexity index is 442. The molecule has 0 bridgehead atoms. The summed E-state index contributed by atoms with van der Waals surface area (Å²) in [5.74, 6) is 0. The van der Waals surface area contributed by atoms with Gasteiger partial charge in [-0.15, -0.1) is 0 Å². The van der Waals surface area contributed by atoms with Gasteiger partial charge in [0, 0.05) is 11.9 Å². The van der Waals surface area contributed by atoms with E-state index in [1.54, 1.807) is 0 Å². The topological polar surface area (TPSA) is 51.8 Å². The first-order valence-corrected chi connectivity index (χ1v) is 4.30. The predicted octanol–water partition coefficient (Wildman–Crippen LogP) is 1.74. The summed E-state index contributed by atoms with van der Waals surface area (Å²) in [5, 5.41) is 9.42. The monoisotopic (exact) mass is 193 g/mol. The van der Waals surface area contributed by atoms with Crippen molar-refractivity contribution in [3.63, 3.8) is 0 Å². The van der Waals surface area contributed by atoms with E-state index in [0.717, 1.165) is 10.9 Å². The Hall–Kier alpha value is -1.19. The lowest BCUT2D eigenvalue weighted by molar-refractivity contribution is 0.920. The molecular weight excluding hydrogens is 186 g/mol. The van der Waals surface area contributed by atoms with E-state index in [2.05, 4.69) is 10.2 Å². The molecule has 0 saturated heterocycles. The van der Waals surface area contributed by atoms with Crippen molar-refractivity contribution < 1.29 is 0 Å². The van der Waals surface area contributed by atoms with Crippen molar-refractivity contribution in [2.45, 2.75) is 6.54 Å². The Balaban J connectivity index is 2.79. The van der Waals surface area contributed by atoms with Crippen LogP contribution in [-0.4, -0.2) is 10.2 Å². The lowest BCUT2D eigenvalue weighted by Crippen LogP contribution is -2.02. The first-order valence-electron chi connectivity index (χ1n) is 3.93. The average molecular weight is 194 g/mol. The highest BCUT2D eigenvalue weighted by molar-refractivity contribution is 6.35. The van der Waals surface area contributed by atoms with Crippen molar-refractivity contribution in [1.29, 1.82) is 0 Å². The third-order valence-electron chi connectivity index (χ3n) is 1.87. The molecule has 0 amide bonds. The van der Waals surface area contributed by atoms with Gasteiger partial charge in [-0.1, -0.05) is 29.8 Å². The maximum atomic E-state index is 6.06. The molecule has 0 atom stereocenters. The molecule has 66 valence electrons. The summed E-state index contributed by atoms with van der Waals surface area (Å²) < 4.78 is 0. The predicted molar refractivity (Wildman–Crippen MR) is 52.4 cm³/mol. The summed E-state index contributed by atoms with van der Waals surface area (Å²) in [4.78, 5) is 0. The van der Waals surface area contributed by atoms with Gasteiger partial charge in [0.05, 0.1) is 16.2 Å². The number of halogens is 1. The standard InChI is InChI=1S/C9H8ClN3/c10-9-6-3-1-2-4-7(6)12-13-8(9)5-11/h1-4H,5,11H2. The Morgan fingerprint density at radius 3 is 2.77 bits per heavy atom. The van der Waals surface area contributed by atoms with E-state index in [9.17, 15) is 0 Å². The number of fused-ring (bicyclic) bond motifs is 1. The molecule has 0 saturated carbocycles. The molecule has 1 aromatic heterocycles. The lowest BCUT2D eigenvalue weighted by Gasteiger charge is -2.02. The van der Waals surface area contributed by atoms with Crippen LogP contribution < -0.4 is 5.73 Å². The van der Waals surface area contributed by atoms with Gasteiger partial charge in [-0.3, -0.25) is 0 Å². The van der Waals surface area contributed by atoms with Crippen molar-refractivity contribution >= 4 is 22.5 Å². The minimum Gasteiger partial charge on any atom is -0.325 e. The van der Waals surface area contributed by atoms with E-state index in [1.165, 1.54) is 0 Å². The van der Waals surface area contributed by atoms with E-state index in [-0.39, 0.29) is 0 Å². The fourth-order valence-electron chi connectivity index (χ4n) is 1.19. The quantitative estimate of drug-likeness (QED) is 0.751. The van der Waals surface area contributed by atoms with Crippen LogP contribution in [0.2, 0.25) is 5.02 Å². The maximum absolute atomic E-state index is 6.06. The summed E-state index contributed by atoms with van der Waals surface area (Å²) in [7, 11) is 0. The molecule has 0 unspecified atom stereocenters. The molecular formula is C9H8ClN3. The van der Waals surface area contributed by atoms with Crippen LogP contribution in [0, 0.1) is 0 Å². The molecule has 0 aliphatic rings. The highest BCUT2D eigenvalue weighted by Crippen LogP contribution is 2.23. The number of benzene rings is 1. The average Bonchev–Trinajstić information content (AvgIpc) is 2.19. The molecule has 0 fully saturated rings. The second-order valence-corrected chi connectivity index (χ2v) is 3.06. The van der Waals surface area contributed by atoms with Gasteiger partial charge in [-0.2, -0.15) is 10.2 Å². The molecule has 1 heterocycles. The number of hydrogen-bond donors (Lipinski definition) is 1. The summed E-state index contributed by atoms with van der Waals surface area (Å²) in [6.45, 7) is 0.316. The summed E-state index contributed by atoms with van der Waals surface area (Å²) >= 11 is 6.06. The normalized spacial score (nSPS) is 10.6. The van der Waals surface area contributed by atoms with Crippen LogP contribution in [0.15, 0.2) is 24.3 Å². The zero-order valence-electron chi connectivity index (χ0n) is 6.87. The first-order chi connectivity index (χ1) is 6.33. The zero-order valence-corrected chi connectivity index (χ0v) is 7.62. The van der Waals surface area contributed by atoms with Crippen LogP contribution in [0.3, 0.4) is 0 Å². The van der Waals surface area contributed by atoms with Crippen molar-refractivity contribution in [2.24, 2.45) is 5.73 Å². The fourth-order valence-corrected chi connectivity index (χ4v) is 1.47. The molecule has 0 aliphatic carbocycles. The van der Waals surface area contributed by atoms with Crippen LogP contribution in [0.4, 0.5) is 0 Å². The number of rotatable bonds is 1. The summed E-state index contributed by atoms with van der Waals surface area (Å²) in [6, 6.07) is 7.59. The first kappa shape index (κ1) is 8.41. The van der Waals surface area contributed by atoms with Gasteiger partial charge in [-0.25, -0.2) is 0 Å². The third kappa shape index (κ3) is 1.36. The molecule has 0 aliphatic heterocycles. The van der Waals surface area contributed by atoms with Gasteiger partial charge >= 0.3 is 0 Å². The number of hydrogen-bond acceptors (Lipinski definition) is 3. The Kier molecular flexibility index (Phi) is 2.12. The van der Waals surface area contributed by atoms with E-state index < -0.39 is 0 Å². The van der Waals surface area contributed by atoms with Crippen LogP contribution >= 0.6 is 11.6 Å². The van der Waals surface area contributed by atoms with E-state index >= 15 is 0 Å². The molecule has 13 heavy (non-hydrogen) atoms. The highest BCUT2D eigenvalue weighted by atomic mass is 35.5. The van der Waals surface area contributed by atoms with Crippen LogP contribution in [0.5, 0.6) is 0 Å². The molecule has 4 heteroatoms. The molecule has 1 aromatic carbocycles. The van der Waals surface area contributed by atoms with Gasteiger partial charge in [0.15, 0.2) is 0 Å². The molecule has 2 N–H and O–H groups in total. The van der Waals surface area contributed by atoms with Gasteiger partial charge < -0.3 is 5.73 Å². The SMILES string of the molecule is NCc1nnc2ccccc2c1Cl. The number of aromatic nitrogens is 2. The van der Waals surface area contributed by atoms with Gasteiger partial charge in [-0.05, 0) is 6.07 Å². The van der Waals surface area contributed by atoms with Crippen molar-refractivity contribution in [1.82, 2.24) is 10.2 Å². The fraction of sp³-hybridized carbons (Fsp3) is 0.111. The van der Waals surface area contributed by atoms with E-state index in [4.69, 9.17) is 17.3 Å². The number of nitrogens with zero attached hydrogens (tertiary/aromatic N) is 2. The second kappa shape index (κ2) is 3.28. The van der Waals surface area contributed by atoms with Gasteiger partial charge in [0.1, 0.15) is 0 Å². The van der Waals surface area contributed by atoms with Crippen LogP contribution in [-0.2, 0) is 6.54 Å². The lowest BCUT2D eigenvalue weighted by atomic mass is 10.2. The minimum absolute atomic E-state index is 0.316. The zero-order chi connectivity index (χ0) is 9.26. The molecule has 2 aromatic rings.